The number of fused-ring (bicyclic) bond motifs is 1. The lowest BCUT2D eigenvalue weighted by Gasteiger charge is -2.03. The third-order valence-electron chi connectivity index (χ3n) is 2.91. The number of nitrogens with zero attached hydrogens (tertiary/aromatic N) is 1. The Hall–Kier alpha value is -2.07. The lowest BCUT2D eigenvalue weighted by Crippen LogP contribution is -2.09. The van der Waals surface area contributed by atoms with Crippen molar-refractivity contribution >= 4 is 11.1 Å². The molecular weight excluding hydrogens is 228 g/mol. The summed E-state index contributed by atoms with van der Waals surface area (Å²) in [6.07, 6.45) is 0. The molecule has 3 aromatic heterocycles. The standard InChI is InChI=1S/C14H14N2O2/c1-8-3-5-11-10(16-8)7-13(18-11)14(15)12-6-4-9(2)17-12/h3-7,14H,15H2,1-2H3. The van der Waals surface area contributed by atoms with Crippen LogP contribution in [-0.4, -0.2) is 4.98 Å². The van der Waals surface area contributed by atoms with E-state index in [0.29, 0.717) is 11.5 Å². The fourth-order valence-electron chi connectivity index (χ4n) is 1.96. The summed E-state index contributed by atoms with van der Waals surface area (Å²) in [5.74, 6) is 2.20. The number of hydrogen-bond acceptors (Lipinski definition) is 4. The van der Waals surface area contributed by atoms with Gasteiger partial charge in [-0.1, -0.05) is 0 Å². The second-order valence-electron chi connectivity index (χ2n) is 4.41. The Balaban J connectivity index is 2.03. The zero-order chi connectivity index (χ0) is 12.7. The molecular formula is C14H14N2O2. The van der Waals surface area contributed by atoms with Crippen LogP contribution >= 0.6 is 0 Å². The molecule has 0 spiro atoms. The summed E-state index contributed by atoms with van der Waals surface area (Å²) < 4.78 is 11.2. The van der Waals surface area contributed by atoms with Crippen LogP contribution in [-0.2, 0) is 0 Å². The van der Waals surface area contributed by atoms with Crippen LogP contribution in [0, 0.1) is 13.8 Å². The molecule has 18 heavy (non-hydrogen) atoms. The van der Waals surface area contributed by atoms with Gasteiger partial charge in [-0.25, -0.2) is 4.98 Å². The SMILES string of the molecule is Cc1ccc2oc(C(N)c3ccc(C)o3)cc2n1. The van der Waals surface area contributed by atoms with Gasteiger partial charge >= 0.3 is 0 Å². The number of nitrogens with two attached hydrogens (primary N) is 1. The van der Waals surface area contributed by atoms with E-state index in [9.17, 15) is 0 Å². The average molecular weight is 242 g/mol. The molecule has 0 radical (unpaired) electrons. The van der Waals surface area contributed by atoms with Gasteiger partial charge in [-0.3, -0.25) is 0 Å². The van der Waals surface area contributed by atoms with Gasteiger partial charge in [-0.15, -0.1) is 0 Å². The van der Waals surface area contributed by atoms with Crippen LogP contribution < -0.4 is 5.73 Å². The molecule has 0 aliphatic rings. The largest absolute Gasteiger partial charge is 0.464 e. The van der Waals surface area contributed by atoms with Crippen LogP contribution in [0.25, 0.3) is 11.1 Å². The number of hydrogen-bond donors (Lipinski definition) is 1. The van der Waals surface area contributed by atoms with Gasteiger partial charge < -0.3 is 14.6 Å². The van der Waals surface area contributed by atoms with Crippen LogP contribution in [0.5, 0.6) is 0 Å². The molecule has 0 saturated carbocycles. The minimum absolute atomic E-state index is 0.395. The highest BCUT2D eigenvalue weighted by molar-refractivity contribution is 5.73. The number of furan rings is 2. The van der Waals surface area contributed by atoms with Crippen LogP contribution in [0.1, 0.15) is 29.0 Å². The van der Waals surface area contributed by atoms with E-state index in [1.54, 1.807) is 0 Å². The molecule has 0 aliphatic carbocycles. The summed E-state index contributed by atoms with van der Waals surface area (Å²) in [4.78, 5) is 4.40. The Kier molecular flexibility index (Phi) is 2.45. The number of rotatable bonds is 2. The quantitative estimate of drug-likeness (QED) is 0.750. The minimum atomic E-state index is -0.395. The molecule has 0 aliphatic heterocycles. The van der Waals surface area contributed by atoms with Crippen LogP contribution in [0.2, 0.25) is 0 Å². The number of pyridine rings is 1. The lowest BCUT2D eigenvalue weighted by molar-refractivity contribution is 0.431. The minimum Gasteiger partial charge on any atom is -0.464 e. The topological polar surface area (TPSA) is 65.2 Å². The van der Waals surface area contributed by atoms with E-state index in [0.717, 1.165) is 22.6 Å². The zero-order valence-electron chi connectivity index (χ0n) is 10.3. The fraction of sp³-hybridized carbons (Fsp3) is 0.214. The normalized spacial score (nSPS) is 13.1. The maximum Gasteiger partial charge on any atom is 0.152 e. The number of aryl methyl sites for hydroxylation is 2. The Labute approximate surface area is 104 Å². The predicted octanol–water partition coefficient (Wildman–Crippen LogP) is 3.09. The summed E-state index contributed by atoms with van der Waals surface area (Å²) >= 11 is 0. The van der Waals surface area contributed by atoms with E-state index >= 15 is 0 Å². The molecule has 3 rings (SSSR count). The van der Waals surface area contributed by atoms with Gasteiger partial charge in [0.05, 0.1) is 0 Å². The molecule has 0 fully saturated rings. The van der Waals surface area contributed by atoms with Gasteiger partial charge in [-0.2, -0.15) is 0 Å². The monoisotopic (exact) mass is 242 g/mol. The Morgan fingerprint density at radius 2 is 1.89 bits per heavy atom. The Bertz CT molecular complexity index is 697. The maximum atomic E-state index is 6.12. The van der Waals surface area contributed by atoms with Crippen molar-refractivity contribution in [3.05, 3.63) is 53.3 Å². The van der Waals surface area contributed by atoms with Gasteiger partial charge in [0.1, 0.15) is 28.8 Å². The van der Waals surface area contributed by atoms with Crippen LogP contribution in [0.4, 0.5) is 0 Å². The third kappa shape index (κ3) is 1.80. The molecule has 0 amide bonds. The maximum absolute atomic E-state index is 6.12. The van der Waals surface area contributed by atoms with Gasteiger partial charge in [0.2, 0.25) is 0 Å². The molecule has 4 heteroatoms. The summed E-state index contributed by atoms with van der Waals surface area (Å²) in [7, 11) is 0. The molecule has 2 N–H and O–H groups in total. The van der Waals surface area contributed by atoms with Crippen LogP contribution in [0.3, 0.4) is 0 Å². The van der Waals surface area contributed by atoms with Crippen molar-refractivity contribution in [3.8, 4) is 0 Å². The summed E-state index contributed by atoms with van der Waals surface area (Å²) in [5, 5.41) is 0. The Morgan fingerprint density at radius 3 is 2.61 bits per heavy atom. The van der Waals surface area contributed by atoms with Gasteiger partial charge in [0.25, 0.3) is 0 Å². The molecule has 0 bridgehead atoms. The smallest absolute Gasteiger partial charge is 0.152 e. The first-order valence-electron chi connectivity index (χ1n) is 5.82. The third-order valence-corrected chi connectivity index (χ3v) is 2.91. The molecule has 3 heterocycles. The average Bonchev–Trinajstić information content (AvgIpc) is 2.93. The highest BCUT2D eigenvalue weighted by Crippen LogP contribution is 2.26. The molecule has 4 nitrogen and oxygen atoms in total. The summed E-state index contributed by atoms with van der Waals surface area (Å²) in [5.41, 5.74) is 8.64. The first-order chi connectivity index (χ1) is 8.63. The van der Waals surface area contributed by atoms with E-state index < -0.39 is 6.04 Å². The van der Waals surface area contributed by atoms with Crippen molar-refractivity contribution in [3.63, 3.8) is 0 Å². The van der Waals surface area contributed by atoms with Crippen molar-refractivity contribution in [2.45, 2.75) is 19.9 Å². The Morgan fingerprint density at radius 1 is 1.06 bits per heavy atom. The number of aromatic nitrogens is 1. The molecule has 0 saturated heterocycles. The summed E-state index contributed by atoms with van der Waals surface area (Å²) in [6, 6.07) is 9.05. The van der Waals surface area contributed by atoms with E-state index in [1.165, 1.54) is 0 Å². The van der Waals surface area contributed by atoms with E-state index in [-0.39, 0.29) is 0 Å². The van der Waals surface area contributed by atoms with Crippen molar-refractivity contribution in [1.29, 1.82) is 0 Å². The zero-order valence-corrected chi connectivity index (χ0v) is 10.3. The fourth-order valence-corrected chi connectivity index (χ4v) is 1.96. The van der Waals surface area contributed by atoms with Gasteiger partial charge in [0.15, 0.2) is 5.58 Å². The van der Waals surface area contributed by atoms with Gasteiger partial charge in [0, 0.05) is 11.8 Å². The first-order valence-corrected chi connectivity index (χ1v) is 5.82. The summed E-state index contributed by atoms with van der Waals surface area (Å²) in [6.45, 7) is 3.84. The van der Waals surface area contributed by atoms with E-state index in [2.05, 4.69) is 4.98 Å². The predicted molar refractivity (Wildman–Crippen MR) is 68.2 cm³/mol. The van der Waals surface area contributed by atoms with Crippen LogP contribution in [0.15, 0.2) is 39.2 Å². The van der Waals surface area contributed by atoms with Crippen molar-refractivity contribution in [1.82, 2.24) is 4.98 Å². The van der Waals surface area contributed by atoms with E-state index in [4.69, 9.17) is 14.6 Å². The van der Waals surface area contributed by atoms with Crippen molar-refractivity contribution in [2.75, 3.05) is 0 Å². The second kappa shape index (κ2) is 3.99. The lowest BCUT2D eigenvalue weighted by atomic mass is 10.2. The first kappa shape index (κ1) is 11.0. The van der Waals surface area contributed by atoms with Gasteiger partial charge in [-0.05, 0) is 38.1 Å². The van der Waals surface area contributed by atoms with Crippen molar-refractivity contribution < 1.29 is 8.83 Å². The highest BCUT2D eigenvalue weighted by atomic mass is 16.4. The van der Waals surface area contributed by atoms with E-state index in [1.807, 2.05) is 44.2 Å². The molecule has 0 aromatic carbocycles. The molecule has 1 atom stereocenters. The highest BCUT2D eigenvalue weighted by Gasteiger charge is 2.17. The molecule has 1 unspecified atom stereocenters. The molecule has 3 aromatic rings. The molecule has 92 valence electrons. The van der Waals surface area contributed by atoms with Crippen molar-refractivity contribution in [2.24, 2.45) is 5.73 Å². The second-order valence-corrected chi connectivity index (χ2v) is 4.41.